The quantitative estimate of drug-likeness (QED) is 0.691. The number of hydrogen-bond donors (Lipinski definition) is 2. The summed E-state index contributed by atoms with van der Waals surface area (Å²) in [7, 11) is 1.70. The van der Waals surface area contributed by atoms with Gasteiger partial charge in [-0.3, -0.25) is 0 Å². The van der Waals surface area contributed by atoms with Crippen LogP contribution in [0, 0.1) is 0 Å². The van der Waals surface area contributed by atoms with E-state index in [2.05, 4.69) is 0 Å². The minimum absolute atomic E-state index is 0.245. The monoisotopic (exact) mass is 187 g/mol. The van der Waals surface area contributed by atoms with Crippen molar-refractivity contribution in [1.82, 2.24) is 0 Å². The highest BCUT2D eigenvalue weighted by molar-refractivity contribution is 5.11. The van der Waals surface area contributed by atoms with Crippen molar-refractivity contribution in [2.45, 2.75) is 56.8 Å². The Morgan fingerprint density at radius 3 is 2.23 bits per heavy atom. The van der Waals surface area contributed by atoms with Crippen LogP contribution < -0.4 is 5.73 Å². The van der Waals surface area contributed by atoms with Gasteiger partial charge in [0.15, 0.2) is 0 Å². The van der Waals surface area contributed by atoms with Gasteiger partial charge in [-0.15, -0.1) is 0 Å². The maximum absolute atomic E-state index is 10.2. The molecule has 0 amide bonds. The Morgan fingerprint density at radius 2 is 1.92 bits per heavy atom. The zero-order valence-corrected chi connectivity index (χ0v) is 8.84. The molecule has 0 radical (unpaired) electrons. The minimum atomic E-state index is -0.706. The van der Waals surface area contributed by atoms with Gasteiger partial charge in [0.05, 0.1) is 11.7 Å². The number of ether oxygens (including phenoxy) is 1. The third kappa shape index (κ3) is 1.60. The Kier molecular flexibility index (Phi) is 3.00. The van der Waals surface area contributed by atoms with E-state index in [4.69, 9.17) is 10.5 Å². The molecule has 3 nitrogen and oxygen atoms in total. The second kappa shape index (κ2) is 3.56. The van der Waals surface area contributed by atoms with E-state index < -0.39 is 11.1 Å². The highest BCUT2D eigenvalue weighted by Gasteiger charge is 2.53. The predicted molar refractivity (Wildman–Crippen MR) is 52.5 cm³/mol. The average molecular weight is 187 g/mol. The van der Waals surface area contributed by atoms with E-state index in [9.17, 15) is 5.11 Å². The first-order valence-corrected chi connectivity index (χ1v) is 5.05. The summed E-state index contributed by atoms with van der Waals surface area (Å²) in [5.41, 5.74) is 5.01. The molecule has 0 aromatic rings. The Morgan fingerprint density at radius 1 is 1.46 bits per heavy atom. The molecule has 1 aliphatic carbocycles. The van der Waals surface area contributed by atoms with Crippen molar-refractivity contribution in [3.8, 4) is 0 Å². The summed E-state index contributed by atoms with van der Waals surface area (Å²) in [5.74, 6) is 0. The molecule has 1 aliphatic rings. The lowest BCUT2D eigenvalue weighted by atomic mass is 9.62. The molecule has 1 fully saturated rings. The van der Waals surface area contributed by atoms with Crippen LogP contribution in [-0.2, 0) is 4.74 Å². The Hall–Kier alpha value is -0.120. The lowest BCUT2D eigenvalue weighted by molar-refractivity contribution is -0.130. The van der Waals surface area contributed by atoms with E-state index in [-0.39, 0.29) is 6.10 Å². The largest absolute Gasteiger partial charge is 0.388 e. The van der Waals surface area contributed by atoms with Crippen molar-refractivity contribution >= 4 is 0 Å². The van der Waals surface area contributed by atoms with E-state index in [0.717, 1.165) is 25.7 Å². The molecular formula is C10H21NO2. The van der Waals surface area contributed by atoms with Gasteiger partial charge in [0, 0.05) is 12.6 Å². The summed E-state index contributed by atoms with van der Waals surface area (Å²) in [5, 5.41) is 10.2. The van der Waals surface area contributed by atoms with Crippen LogP contribution in [0.5, 0.6) is 0 Å². The van der Waals surface area contributed by atoms with Crippen molar-refractivity contribution in [1.29, 1.82) is 0 Å². The zero-order chi connectivity index (χ0) is 10.1. The third-order valence-electron chi connectivity index (χ3n) is 3.61. The highest BCUT2D eigenvalue weighted by atomic mass is 16.5. The number of hydrogen-bond acceptors (Lipinski definition) is 3. The number of rotatable bonds is 4. The molecule has 0 bridgehead atoms. The first kappa shape index (κ1) is 11.0. The molecule has 1 saturated carbocycles. The van der Waals surface area contributed by atoms with Crippen LogP contribution in [0.25, 0.3) is 0 Å². The molecule has 1 rings (SSSR count). The Labute approximate surface area is 80.3 Å². The maximum Gasteiger partial charge on any atom is 0.0823 e. The molecule has 3 N–H and O–H groups in total. The number of aliphatic hydroxyl groups is 1. The van der Waals surface area contributed by atoms with Crippen molar-refractivity contribution in [3.63, 3.8) is 0 Å². The SMILES string of the molecule is CCC(O)(CC)C1(N)CC(OC)C1. The van der Waals surface area contributed by atoms with Crippen molar-refractivity contribution in [2.75, 3.05) is 7.11 Å². The Balaban J connectivity index is 2.61. The average Bonchev–Trinajstić information content (AvgIpc) is 2.11. The smallest absolute Gasteiger partial charge is 0.0823 e. The van der Waals surface area contributed by atoms with Crippen LogP contribution >= 0.6 is 0 Å². The Bertz CT molecular complexity index is 172. The third-order valence-corrected chi connectivity index (χ3v) is 3.61. The number of methoxy groups -OCH3 is 1. The summed E-state index contributed by atoms with van der Waals surface area (Å²) in [4.78, 5) is 0. The minimum Gasteiger partial charge on any atom is -0.388 e. The van der Waals surface area contributed by atoms with E-state index >= 15 is 0 Å². The highest BCUT2D eigenvalue weighted by Crippen LogP contribution is 2.43. The van der Waals surface area contributed by atoms with Gasteiger partial charge in [-0.05, 0) is 25.7 Å². The maximum atomic E-state index is 10.2. The summed E-state index contributed by atoms with van der Waals surface area (Å²) in [6.45, 7) is 3.97. The molecule has 0 saturated heterocycles. The van der Waals surface area contributed by atoms with Crippen LogP contribution in [0.3, 0.4) is 0 Å². The molecule has 0 aromatic heterocycles. The fraction of sp³-hybridized carbons (Fsp3) is 1.00. The van der Waals surface area contributed by atoms with E-state index in [0.29, 0.717) is 0 Å². The lowest BCUT2D eigenvalue weighted by Crippen LogP contribution is -2.68. The van der Waals surface area contributed by atoms with Gasteiger partial charge in [0.2, 0.25) is 0 Å². The van der Waals surface area contributed by atoms with Crippen LogP contribution in [0.2, 0.25) is 0 Å². The fourth-order valence-electron chi connectivity index (χ4n) is 2.25. The summed E-state index contributed by atoms with van der Waals surface area (Å²) in [6.07, 6.45) is 3.24. The van der Waals surface area contributed by atoms with E-state index in [1.54, 1.807) is 7.11 Å². The summed E-state index contributed by atoms with van der Waals surface area (Å²) in [6, 6.07) is 0. The van der Waals surface area contributed by atoms with Crippen LogP contribution in [0.1, 0.15) is 39.5 Å². The second-order valence-electron chi connectivity index (χ2n) is 4.16. The predicted octanol–water partition coefficient (Wildman–Crippen LogP) is 1.04. The van der Waals surface area contributed by atoms with E-state index in [1.807, 2.05) is 13.8 Å². The lowest BCUT2D eigenvalue weighted by Gasteiger charge is -2.53. The molecule has 0 aliphatic heterocycles. The van der Waals surface area contributed by atoms with Gasteiger partial charge < -0.3 is 15.6 Å². The van der Waals surface area contributed by atoms with Crippen molar-refractivity contribution < 1.29 is 9.84 Å². The summed E-state index contributed by atoms with van der Waals surface area (Å²) >= 11 is 0. The molecule has 13 heavy (non-hydrogen) atoms. The van der Waals surface area contributed by atoms with Gasteiger partial charge in [-0.2, -0.15) is 0 Å². The molecule has 0 atom stereocenters. The molecule has 0 heterocycles. The van der Waals surface area contributed by atoms with Crippen LogP contribution in [0.4, 0.5) is 0 Å². The van der Waals surface area contributed by atoms with Gasteiger partial charge in [0.25, 0.3) is 0 Å². The fourth-order valence-corrected chi connectivity index (χ4v) is 2.25. The van der Waals surface area contributed by atoms with Gasteiger partial charge >= 0.3 is 0 Å². The normalized spacial score (nSPS) is 34.4. The van der Waals surface area contributed by atoms with Crippen LogP contribution in [-0.4, -0.2) is 29.5 Å². The molecule has 0 aromatic carbocycles. The van der Waals surface area contributed by atoms with Gasteiger partial charge in [-0.1, -0.05) is 13.8 Å². The summed E-state index contributed by atoms with van der Waals surface area (Å²) < 4.78 is 5.17. The van der Waals surface area contributed by atoms with Crippen molar-refractivity contribution in [3.05, 3.63) is 0 Å². The zero-order valence-electron chi connectivity index (χ0n) is 8.84. The molecular weight excluding hydrogens is 166 g/mol. The second-order valence-corrected chi connectivity index (χ2v) is 4.16. The first-order valence-electron chi connectivity index (χ1n) is 5.05. The van der Waals surface area contributed by atoms with Gasteiger partial charge in [0.1, 0.15) is 0 Å². The molecule has 0 spiro atoms. The van der Waals surface area contributed by atoms with Crippen LogP contribution in [0.15, 0.2) is 0 Å². The molecule has 0 unspecified atom stereocenters. The first-order chi connectivity index (χ1) is 6.01. The van der Waals surface area contributed by atoms with E-state index in [1.165, 1.54) is 0 Å². The topological polar surface area (TPSA) is 55.5 Å². The molecule has 78 valence electrons. The van der Waals surface area contributed by atoms with Gasteiger partial charge in [-0.25, -0.2) is 0 Å². The number of nitrogens with two attached hydrogens (primary N) is 1. The van der Waals surface area contributed by atoms with Crippen molar-refractivity contribution in [2.24, 2.45) is 5.73 Å². The molecule has 3 heteroatoms. The standard InChI is InChI=1S/C10H21NO2/c1-4-10(12,5-2)9(11)6-8(7-9)13-3/h8,12H,4-7,11H2,1-3H3.